The van der Waals surface area contributed by atoms with Crippen LogP contribution in [-0.2, 0) is 14.3 Å². The molecule has 0 heterocycles. The zero-order chi connectivity index (χ0) is 13.0. The molecule has 0 aliphatic heterocycles. The van der Waals surface area contributed by atoms with Crippen LogP contribution in [0.5, 0.6) is 0 Å². The zero-order valence-electron chi connectivity index (χ0n) is 9.50. The van der Waals surface area contributed by atoms with E-state index in [1.807, 2.05) is 0 Å². The molecule has 4 atom stereocenters. The molecule has 0 amide bonds. The second-order valence-corrected chi connectivity index (χ2v) is 4.07. The van der Waals surface area contributed by atoms with Crippen molar-refractivity contribution < 1.29 is 27.5 Å². The molecule has 1 aliphatic rings. The molecular weight excluding hydrogens is 237 g/mol. The number of rotatable bonds is 4. The molecule has 4 unspecified atom stereocenters. The summed E-state index contributed by atoms with van der Waals surface area (Å²) in [5.41, 5.74) is 0. The van der Waals surface area contributed by atoms with Gasteiger partial charge in [-0.05, 0) is 13.3 Å². The molecular formula is C11H15F3O3. The average molecular weight is 252 g/mol. The van der Waals surface area contributed by atoms with Crippen molar-refractivity contribution >= 4 is 11.8 Å². The van der Waals surface area contributed by atoms with Gasteiger partial charge in [-0.1, -0.05) is 0 Å². The van der Waals surface area contributed by atoms with Gasteiger partial charge in [0.05, 0.1) is 12.5 Å². The average Bonchev–Trinajstić information content (AvgIpc) is 2.23. The maximum Gasteiger partial charge on any atom is 0.313 e. The number of carbonyl (C=O) groups excluding carboxylic acids is 2. The van der Waals surface area contributed by atoms with Crippen LogP contribution in [0.25, 0.3) is 0 Å². The second kappa shape index (κ2) is 6.02. The minimum absolute atomic E-state index is 0.119. The summed E-state index contributed by atoms with van der Waals surface area (Å²) in [6.07, 6.45) is -7.13. The standard InChI is InChI=1S/C11H15F3O3/c1-2-17-11(16)5-10(15)6-3-8(13)9(14)4-7(6)12/h6-9H,2-5H2,1H3. The minimum Gasteiger partial charge on any atom is -0.466 e. The van der Waals surface area contributed by atoms with Gasteiger partial charge < -0.3 is 4.74 Å². The molecule has 98 valence electrons. The second-order valence-electron chi connectivity index (χ2n) is 4.07. The van der Waals surface area contributed by atoms with Crippen molar-refractivity contribution in [2.75, 3.05) is 6.61 Å². The van der Waals surface area contributed by atoms with E-state index in [2.05, 4.69) is 4.74 Å². The number of Topliss-reactive ketones (excluding diaryl/α,β-unsaturated/α-hetero) is 1. The van der Waals surface area contributed by atoms with Gasteiger partial charge >= 0.3 is 5.97 Å². The topological polar surface area (TPSA) is 43.4 Å². The SMILES string of the molecule is CCOC(=O)CC(=O)C1CC(F)C(F)CC1F. The molecule has 0 aromatic rings. The first-order valence-electron chi connectivity index (χ1n) is 5.56. The molecule has 0 spiro atoms. The summed E-state index contributed by atoms with van der Waals surface area (Å²) in [7, 11) is 0. The van der Waals surface area contributed by atoms with Crippen LogP contribution in [0, 0.1) is 5.92 Å². The maximum atomic E-state index is 13.4. The van der Waals surface area contributed by atoms with Gasteiger partial charge in [0.15, 0.2) is 0 Å². The Morgan fingerprint density at radius 3 is 2.29 bits per heavy atom. The fourth-order valence-corrected chi connectivity index (χ4v) is 1.88. The zero-order valence-corrected chi connectivity index (χ0v) is 9.50. The van der Waals surface area contributed by atoms with Gasteiger partial charge in [0.1, 0.15) is 30.7 Å². The number of ether oxygens (including phenoxy) is 1. The fourth-order valence-electron chi connectivity index (χ4n) is 1.88. The molecule has 1 rings (SSSR count). The van der Waals surface area contributed by atoms with Gasteiger partial charge in [0.2, 0.25) is 0 Å². The van der Waals surface area contributed by atoms with Gasteiger partial charge in [-0.25, -0.2) is 13.2 Å². The lowest BCUT2D eigenvalue weighted by atomic mass is 9.81. The normalized spacial score (nSPS) is 33.2. The molecule has 0 aromatic heterocycles. The highest BCUT2D eigenvalue weighted by Crippen LogP contribution is 2.32. The smallest absolute Gasteiger partial charge is 0.313 e. The van der Waals surface area contributed by atoms with Crippen LogP contribution in [0.2, 0.25) is 0 Å². The number of esters is 1. The molecule has 1 fully saturated rings. The molecule has 0 N–H and O–H groups in total. The number of carbonyl (C=O) groups is 2. The predicted molar refractivity (Wildman–Crippen MR) is 53.7 cm³/mol. The molecule has 3 nitrogen and oxygen atoms in total. The van der Waals surface area contributed by atoms with E-state index in [1.54, 1.807) is 6.92 Å². The quantitative estimate of drug-likeness (QED) is 0.567. The number of hydrogen-bond donors (Lipinski definition) is 0. The first-order chi connectivity index (χ1) is 7.95. The summed E-state index contributed by atoms with van der Waals surface area (Å²) < 4.78 is 43.8. The minimum atomic E-state index is -1.86. The van der Waals surface area contributed by atoms with Crippen molar-refractivity contribution in [3.8, 4) is 0 Å². The summed E-state index contributed by atoms with van der Waals surface area (Å²) in [5.74, 6) is -2.71. The van der Waals surface area contributed by atoms with Gasteiger partial charge in [-0.2, -0.15) is 0 Å². The van der Waals surface area contributed by atoms with Crippen LogP contribution in [0.1, 0.15) is 26.2 Å². The first-order valence-corrected chi connectivity index (χ1v) is 5.56. The van der Waals surface area contributed by atoms with Crippen LogP contribution < -0.4 is 0 Å². The number of hydrogen-bond acceptors (Lipinski definition) is 3. The highest BCUT2D eigenvalue weighted by molar-refractivity contribution is 5.97. The third-order valence-electron chi connectivity index (χ3n) is 2.80. The molecule has 0 radical (unpaired) electrons. The van der Waals surface area contributed by atoms with Crippen LogP contribution in [0.3, 0.4) is 0 Å². The summed E-state index contributed by atoms with van der Waals surface area (Å²) in [5, 5.41) is 0. The Kier molecular flexibility index (Phi) is 4.96. The number of halogens is 3. The fraction of sp³-hybridized carbons (Fsp3) is 0.818. The van der Waals surface area contributed by atoms with E-state index in [4.69, 9.17) is 0 Å². The Morgan fingerprint density at radius 1 is 1.12 bits per heavy atom. The highest BCUT2D eigenvalue weighted by Gasteiger charge is 2.41. The van der Waals surface area contributed by atoms with E-state index < -0.39 is 55.4 Å². The van der Waals surface area contributed by atoms with E-state index in [0.717, 1.165) is 0 Å². The molecule has 17 heavy (non-hydrogen) atoms. The third-order valence-corrected chi connectivity index (χ3v) is 2.80. The summed E-state index contributed by atoms with van der Waals surface area (Å²) >= 11 is 0. The van der Waals surface area contributed by atoms with Crippen molar-refractivity contribution in [3.05, 3.63) is 0 Å². The number of ketones is 1. The summed E-state index contributed by atoms with van der Waals surface area (Å²) in [6, 6.07) is 0. The highest BCUT2D eigenvalue weighted by atomic mass is 19.2. The monoisotopic (exact) mass is 252 g/mol. The van der Waals surface area contributed by atoms with E-state index in [9.17, 15) is 22.8 Å². The van der Waals surface area contributed by atoms with Crippen LogP contribution in [0.15, 0.2) is 0 Å². The number of alkyl halides is 3. The van der Waals surface area contributed by atoms with E-state index in [1.165, 1.54) is 0 Å². The lowest BCUT2D eigenvalue weighted by Gasteiger charge is -2.29. The molecule has 0 aromatic carbocycles. The maximum absolute atomic E-state index is 13.4. The van der Waals surface area contributed by atoms with Crippen LogP contribution in [-0.4, -0.2) is 36.9 Å². The predicted octanol–water partition coefficient (Wildman–Crippen LogP) is 1.93. The van der Waals surface area contributed by atoms with Crippen molar-refractivity contribution in [2.45, 2.75) is 44.7 Å². The van der Waals surface area contributed by atoms with Crippen molar-refractivity contribution in [2.24, 2.45) is 5.92 Å². The van der Waals surface area contributed by atoms with E-state index in [0.29, 0.717) is 0 Å². The Hall–Kier alpha value is -1.07. The van der Waals surface area contributed by atoms with Gasteiger partial charge in [0, 0.05) is 6.42 Å². The Labute approximate surface area is 97.3 Å². The Bertz CT molecular complexity index is 296. The van der Waals surface area contributed by atoms with Gasteiger partial charge in [0.25, 0.3) is 0 Å². The largest absolute Gasteiger partial charge is 0.466 e. The lowest BCUT2D eigenvalue weighted by molar-refractivity contribution is -0.147. The molecule has 1 saturated carbocycles. The van der Waals surface area contributed by atoms with Gasteiger partial charge in [-0.3, -0.25) is 9.59 Å². The molecule has 0 bridgehead atoms. The third kappa shape index (κ3) is 3.71. The Balaban J connectivity index is 2.54. The molecule has 0 saturated heterocycles. The van der Waals surface area contributed by atoms with Crippen molar-refractivity contribution in [1.82, 2.24) is 0 Å². The Morgan fingerprint density at radius 2 is 1.71 bits per heavy atom. The van der Waals surface area contributed by atoms with Crippen LogP contribution >= 0.6 is 0 Å². The lowest BCUT2D eigenvalue weighted by Crippen LogP contribution is -2.40. The van der Waals surface area contributed by atoms with Crippen molar-refractivity contribution in [1.29, 1.82) is 0 Å². The van der Waals surface area contributed by atoms with Gasteiger partial charge in [-0.15, -0.1) is 0 Å². The van der Waals surface area contributed by atoms with E-state index >= 15 is 0 Å². The van der Waals surface area contributed by atoms with Crippen molar-refractivity contribution in [3.63, 3.8) is 0 Å². The molecule has 6 heteroatoms. The first kappa shape index (κ1) is 14.0. The van der Waals surface area contributed by atoms with Crippen LogP contribution in [0.4, 0.5) is 13.2 Å². The summed E-state index contributed by atoms with van der Waals surface area (Å²) in [4.78, 5) is 22.5. The summed E-state index contributed by atoms with van der Waals surface area (Å²) in [6.45, 7) is 1.69. The molecule has 1 aliphatic carbocycles. The van der Waals surface area contributed by atoms with E-state index in [-0.39, 0.29) is 6.61 Å².